The number of hydrogen-bond donors (Lipinski definition) is 4. The van der Waals surface area contributed by atoms with Crippen LogP contribution in [0.4, 0.5) is 14.5 Å². The van der Waals surface area contributed by atoms with Crippen LogP contribution in [0.25, 0.3) is 0 Å². The summed E-state index contributed by atoms with van der Waals surface area (Å²) < 4.78 is 38.6. The molecule has 0 radical (unpaired) electrons. The third-order valence-corrected chi connectivity index (χ3v) is 10.1. The largest absolute Gasteiger partial charge is 0.480 e. The standard InChI is InChI=1S/C37H42F2N2O7/c38-27-9-7-25(8-10-27)31(42)16-15-30-33(41(34(30)44)29-13-11-28(39)12-14-29)26-5-3-24(4-6-26)17-20-36(22-47-23-36)48-21-32(43)40-37(35(45)46)18-1-2-19-37/h3-14,30-33,40,42-43H,1-2,15-23H2,(H,45,46). The summed E-state index contributed by atoms with van der Waals surface area (Å²) in [5.74, 6) is -2.24. The van der Waals surface area contributed by atoms with Crippen molar-refractivity contribution in [1.29, 1.82) is 0 Å². The molecular formula is C37H42F2N2O7. The Bertz CT molecular complexity index is 1560. The second kappa shape index (κ2) is 14.4. The first-order valence-electron chi connectivity index (χ1n) is 16.6. The highest BCUT2D eigenvalue weighted by Crippen LogP contribution is 2.46. The van der Waals surface area contributed by atoms with Gasteiger partial charge in [0, 0.05) is 5.69 Å². The smallest absolute Gasteiger partial charge is 0.323 e. The number of halogens is 2. The van der Waals surface area contributed by atoms with E-state index in [0.717, 1.165) is 24.0 Å². The molecule has 3 aromatic rings. The van der Waals surface area contributed by atoms with Crippen molar-refractivity contribution in [2.45, 2.75) is 80.9 Å². The molecule has 4 atom stereocenters. The summed E-state index contributed by atoms with van der Waals surface area (Å²) in [4.78, 5) is 26.9. The highest BCUT2D eigenvalue weighted by molar-refractivity contribution is 6.03. The Balaban J connectivity index is 1.09. The Kier molecular flexibility index (Phi) is 10.2. The Morgan fingerprint density at radius 2 is 1.58 bits per heavy atom. The number of carbonyl (C=O) groups is 2. The lowest BCUT2D eigenvalue weighted by Gasteiger charge is -2.48. The number of aliphatic carboxylic acids is 1. The van der Waals surface area contributed by atoms with Gasteiger partial charge in [-0.2, -0.15) is 0 Å². The fraction of sp³-hybridized carbons (Fsp3) is 0.459. The number of anilines is 1. The minimum absolute atomic E-state index is 0.0521. The molecule has 2 saturated heterocycles. The van der Waals surface area contributed by atoms with Crippen molar-refractivity contribution in [3.8, 4) is 0 Å². The van der Waals surface area contributed by atoms with Gasteiger partial charge in [-0.1, -0.05) is 49.2 Å². The lowest BCUT2D eigenvalue weighted by Crippen LogP contribution is -2.58. The number of aliphatic hydroxyl groups is 2. The van der Waals surface area contributed by atoms with Crippen molar-refractivity contribution >= 4 is 17.6 Å². The highest BCUT2D eigenvalue weighted by atomic mass is 19.1. The minimum Gasteiger partial charge on any atom is -0.480 e. The molecular weight excluding hydrogens is 622 g/mol. The molecule has 3 fully saturated rings. The summed E-state index contributed by atoms with van der Waals surface area (Å²) in [6, 6.07) is 19.2. The van der Waals surface area contributed by atoms with Crippen LogP contribution in [-0.2, 0) is 25.5 Å². The second-order valence-corrected chi connectivity index (χ2v) is 13.4. The van der Waals surface area contributed by atoms with E-state index in [2.05, 4.69) is 5.32 Å². The number of hydrogen-bond acceptors (Lipinski definition) is 7. The Morgan fingerprint density at radius 1 is 0.958 bits per heavy atom. The van der Waals surface area contributed by atoms with Crippen molar-refractivity contribution in [2.24, 2.45) is 5.92 Å². The molecule has 1 saturated carbocycles. The number of ether oxygens (including phenoxy) is 2. The monoisotopic (exact) mass is 664 g/mol. The lowest BCUT2D eigenvalue weighted by atomic mass is 9.78. The number of nitrogens with one attached hydrogen (secondary N) is 1. The van der Waals surface area contributed by atoms with Gasteiger partial charge in [0.1, 0.15) is 29.0 Å². The van der Waals surface area contributed by atoms with Crippen molar-refractivity contribution < 1.29 is 43.2 Å². The van der Waals surface area contributed by atoms with E-state index in [-0.39, 0.29) is 24.4 Å². The van der Waals surface area contributed by atoms with Gasteiger partial charge in [0.15, 0.2) is 0 Å². The topological polar surface area (TPSA) is 129 Å². The molecule has 1 amide bonds. The van der Waals surface area contributed by atoms with E-state index in [1.807, 2.05) is 24.3 Å². The summed E-state index contributed by atoms with van der Waals surface area (Å²) >= 11 is 0. The van der Waals surface area contributed by atoms with E-state index >= 15 is 0 Å². The predicted octanol–water partition coefficient (Wildman–Crippen LogP) is 5.21. The third kappa shape index (κ3) is 7.30. The molecule has 256 valence electrons. The van der Waals surface area contributed by atoms with Gasteiger partial charge in [0.05, 0.1) is 37.9 Å². The highest BCUT2D eigenvalue weighted by Gasteiger charge is 2.49. The van der Waals surface area contributed by atoms with Crippen LogP contribution in [0.2, 0.25) is 0 Å². The molecule has 6 rings (SSSR count). The first-order valence-corrected chi connectivity index (χ1v) is 16.6. The van der Waals surface area contributed by atoms with Crippen LogP contribution in [0.15, 0.2) is 72.8 Å². The normalized spacial score (nSPS) is 22.5. The van der Waals surface area contributed by atoms with Crippen molar-refractivity contribution in [3.63, 3.8) is 0 Å². The van der Waals surface area contributed by atoms with Crippen LogP contribution in [0, 0.1) is 17.6 Å². The number of nitrogens with zero attached hydrogens (tertiary/aromatic N) is 1. The van der Waals surface area contributed by atoms with Crippen molar-refractivity contribution in [1.82, 2.24) is 5.32 Å². The van der Waals surface area contributed by atoms with Gasteiger partial charge in [-0.3, -0.25) is 14.9 Å². The quantitative estimate of drug-likeness (QED) is 0.129. The minimum atomic E-state index is -1.12. The molecule has 3 aliphatic rings. The molecule has 48 heavy (non-hydrogen) atoms. The Hall–Kier alpha value is -3.74. The van der Waals surface area contributed by atoms with E-state index in [4.69, 9.17) is 9.47 Å². The zero-order chi connectivity index (χ0) is 33.9. The number of carboxylic acid groups (broad SMARTS) is 1. The Labute approximate surface area is 278 Å². The number of β-lactam (4-membered cyclic amide) rings is 1. The van der Waals surface area contributed by atoms with Crippen molar-refractivity contribution in [2.75, 3.05) is 24.7 Å². The van der Waals surface area contributed by atoms with Crippen LogP contribution in [0.1, 0.15) is 73.8 Å². The molecule has 0 aromatic heterocycles. The van der Waals surface area contributed by atoms with Gasteiger partial charge in [-0.05, 0) is 91.6 Å². The van der Waals surface area contributed by atoms with Crippen molar-refractivity contribution in [3.05, 3.63) is 101 Å². The number of carbonyl (C=O) groups excluding carboxylic acids is 1. The molecule has 0 bridgehead atoms. The molecule has 4 N–H and O–H groups in total. The van der Waals surface area contributed by atoms with Gasteiger partial charge in [-0.25, -0.2) is 8.78 Å². The Morgan fingerprint density at radius 3 is 2.17 bits per heavy atom. The first-order chi connectivity index (χ1) is 23.1. The third-order valence-electron chi connectivity index (χ3n) is 10.1. The van der Waals surface area contributed by atoms with E-state index in [9.17, 15) is 33.7 Å². The molecule has 2 heterocycles. The van der Waals surface area contributed by atoms with Crippen LogP contribution < -0.4 is 10.2 Å². The number of aryl methyl sites for hydroxylation is 1. The maximum absolute atomic E-state index is 13.7. The lowest BCUT2D eigenvalue weighted by molar-refractivity contribution is -0.224. The van der Waals surface area contributed by atoms with E-state index in [1.165, 1.54) is 24.3 Å². The molecule has 11 heteroatoms. The van der Waals surface area contributed by atoms with Crippen LogP contribution in [0.5, 0.6) is 0 Å². The summed E-state index contributed by atoms with van der Waals surface area (Å²) in [6.07, 6.45) is 2.62. The molecule has 9 nitrogen and oxygen atoms in total. The van der Waals surface area contributed by atoms with Crippen LogP contribution in [-0.4, -0.2) is 64.4 Å². The number of aliphatic hydroxyl groups excluding tert-OH is 2. The first kappa shape index (κ1) is 34.1. The molecule has 0 spiro atoms. The zero-order valence-electron chi connectivity index (χ0n) is 26.7. The fourth-order valence-corrected chi connectivity index (χ4v) is 7.19. The fourth-order valence-electron chi connectivity index (χ4n) is 7.19. The van der Waals surface area contributed by atoms with Gasteiger partial charge in [-0.15, -0.1) is 0 Å². The molecule has 3 aromatic carbocycles. The number of rotatable bonds is 15. The zero-order valence-corrected chi connectivity index (χ0v) is 26.7. The van der Waals surface area contributed by atoms with E-state index in [0.29, 0.717) is 63.0 Å². The maximum atomic E-state index is 13.7. The van der Waals surface area contributed by atoms with Crippen LogP contribution >= 0.6 is 0 Å². The average Bonchev–Trinajstić information content (AvgIpc) is 3.54. The number of benzene rings is 3. The summed E-state index contributed by atoms with van der Waals surface area (Å²) in [5, 5.41) is 33.9. The molecule has 1 aliphatic carbocycles. The summed E-state index contributed by atoms with van der Waals surface area (Å²) in [5.41, 5.74) is 1.44. The van der Waals surface area contributed by atoms with E-state index in [1.54, 1.807) is 29.2 Å². The number of carboxylic acids is 1. The van der Waals surface area contributed by atoms with Gasteiger partial charge in [0.25, 0.3) is 0 Å². The van der Waals surface area contributed by atoms with E-state index < -0.39 is 41.2 Å². The SMILES string of the molecule is O=C1C(CCC(O)c2ccc(F)cc2)C(c2ccc(CCC3(OCC(O)NC4(C(=O)O)CCCC4)COC3)cc2)N1c1ccc(F)cc1. The van der Waals surface area contributed by atoms with Crippen LogP contribution in [0.3, 0.4) is 0 Å². The van der Waals surface area contributed by atoms with Gasteiger partial charge >= 0.3 is 5.97 Å². The average molecular weight is 665 g/mol. The summed E-state index contributed by atoms with van der Waals surface area (Å²) in [7, 11) is 0. The van der Waals surface area contributed by atoms with Gasteiger partial charge < -0.3 is 29.7 Å². The van der Waals surface area contributed by atoms with Gasteiger partial charge in [0.2, 0.25) is 5.91 Å². The molecule has 2 aliphatic heterocycles. The number of amides is 1. The molecule has 4 unspecified atom stereocenters. The predicted molar refractivity (Wildman–Crippen MR) is 173 cm³/mol. The maximum Gasteiger partial charge on any atom is 0.323 e. The summed E-state index contributed by atoms with van der Waals surface area (Å²) in [6.45, 7) is 0.706. The second-order valence-electron chi connectivity index (χ2n) is 13.4.